The first kappa shape index (κ1) is 13.8. The first-order valence-corrected chi connectivity index (χ1v) is 9.00. The Kier molecular flexibility index (Phi) is 4.29. The van der Waals surface area contributed by atoms with Gasteiger partial charge in [-0.25, -0.2) is 0 Å². The van der Waals surface area contributed by atoms with Gasteiger partial charge in [0.15, 0.2) is 0 Å². The highest BCUT2D eigenvalue weighted by Gasteiger charge is 2.18. The van der Waals surface area contributed by atoms with Gasteiger partial charge in [0.1, 0.15) is 8.80 Å². The van der Waals surface area contributed by atoms with E-state index in [4.69, 9.17) is 5.73 Å². The number of rotatable bonds is 4. The monoisotopic (exact) mass is 289 g/mol. The van der Waals surface area contributed by atoms with E-state index in [9.17, 15) is 0 Å². The van der Waals surface area contributed by atoms with Gasteiger partial charge in [0, 0.05) is 6.54 Å². The molecule has 3 rings (SSSR count). The third-order valence-corrected chi connectivity index (χ3v) is 6.91. The highest BCUT2D eigenvalue weighted by Crippen LogP contribution is 1.99. The largest absolute Gasteiger partial charge is 0.326 e. The molecule has 0 amide bonds. The fourth-order valence-electron chi connectivity index (χ4n) is 2.77. The van der Waals surface area contributed by atoms with Crippen LogP contribution in [0.15, 0.2) is 84.9 Å². The molecule has 0 spiro atoms. The summed E-state index contributed by atoms with van der Waals surface area (Å²) in [7, 11) is -1.41. The molecule has 0 fully saturated rings. The molecule has 0 heterocycles. The van der Waals surface area contributed by atoms with E-state index in [2.05, 4.69) is 84.9 Å². The van der Waals surface area contributed by atoms with Gasteiger partial charge in [-0.2, -0.15) is 0 Å². The van der Waals surface area contributed by atoms with Crippen molar-refractivity contribution in [3.05, 3.63) is 90.5 Å². The van der Waals surface area contributed by atoms with Crippen LogP contribution in [0.3, 0.4) is 0 Å². The maximum Gasteiger partial charge on any atom is 0.132 e. The van der Waals surface area contributed by atoms with Gasteiger partial charge in [-0.1, -0.05) is 100 Å². The third kappa shape index (κ3) is 3.12. The summed E-state index contributed by atoms with van der Waals surface area (Å²) in [6.07, 6.45) is 0. The zero-order valence-corrected chi connectivity index (χ0v) is 13.1. The Morgan fingerprint density at radius 1 is 0.619 bits per heavy atom. The lowest BCUT2D eigenvalue weighted by Gasteiger charge is -2.18. The van der Waals surface area contributed by atoms with E-state index in [1.54, 1.807) is 0 Å². The first-order valence-electron chi connectivity index (χ1n) is 7.27. The number of benzene rings is 3. The van der Waals surface area contributed by atoms with Crippen LogP contribution in [-0.2, 0) is 6.54 Å². The molecular weight excluding hydrogens is 270 g/mol. The minimum absolute atomic E-state index is 0.596. The van der Waals surface area contributed by atoms with Gasteiger partial charge in [-0.15, -0.1) is 0 Å². The Labute approximate surface area is 127 Å². The molecule has 2 N–H and O–H groups in total. The highest BCUT2D eigenvalue weighted by atomic mass is 28.3. The normalized spacial score (nSPS) is 10.8. The number of hydrogen-bond donors (Lipinski definition) is 1. The number of hydrogen-bond acceptors (Lipinski definition) is 1. The molecule has 3 aromatic carbocycles. The summed E-state index contributed by atoms with van der Waals surface area (Å²) < 4.78 is 0. The van der Waals surface area contributed by atoms with Crippen LogP contribution in [0.25, 0.3) is 0 Å². The topological polar surface area (TPSA) is 26.0 Å². The molecule has 0 radical (unpaired) electrons. The predicted octanol–water partition coefficient (Wildman–Crippen LogP) is 1.39. The minimum atomic E-state index is -1.41. The van der Waals surface area contributed by atoms with E-state index < -0.39 is 8.80 Å². The van der Waals surface area contributed by atoms with Crippen LogP contribution < -0.4 is 21.3 Å². The summed E-state index contributed by atoms with van der Waals surface area (Å²) in [5.74, 6) is 0. The van der Waals surface area contributed by atoms with Crippen molar-refractivity contribution in [1.29, 1.82) is 0 Å². The van der Waals surface area contributed by atoms with Crippen molar-refractivity contribution < 1.29 is 0 Å². The van der Waals surface area contributed by atoms with E-state index in [1.807, 2.05) is 0 Å². The molecule has 0 aliphatic carbocycles. The van der Waals surface area contributed by atoms with Crippen LogP contribution in [-0.4, -0.2) is 8.80 Å². The van der Waals surface area contributed by atoms with Crippen LogP contribution in [0.2, 0.25) is 0 Å². The van der Waals surface area contributed by atoms with E-state index in [1.165, 1.54) is 21.1 Å². The Morgan fingerprint density at radius 2 is 1.14 bits per heavy atom. The molecule has 1 nitrogen and oxygen atoms in total. The lowest BCUT2D eigenvalue weighted by molar-refractivity contribution is 1.07. The molecule has 0 aliphatic rings. The molecule has 0 atom stereocenters. The maximum absolute atomic E-state index is 5.81. The molecule has 104 valence electrons. The van der Waals surface area contributed by atoms with Gasteiger partial charge >= 0.3 is 0 Å². The third-order valence-electron chi connectivity index (χ3n) is 3.79. The van der Waals surface area contributed by atoms with Gasteiger partial charge in [0.05, 0.1) is 0 Å². The van der Waals surface area contributed by atoms with Crippen molar-refractivity contribution in [3.63, 3.8) is 0 Å². The SMILES string of the molecule is NCc1cccc([SiH](c2ccccc2)c2ccccc2)c1. The predicted molar refractivity (Wildman–Crippen MR) is 93.3 cm³/mol. The zero-order chi connectivity index (χ0) is 14.5. The highest BCUT2D eigenvalue weighted by molar-refractivity contribution is 6.95. The van der Waals surface area contributed by atoms with Crippen molar-refractivity contribution in [2.45, 2.75) is 6.54 Å². The van der Waals surface area contributed by atoms with Crippen molar-refractivity contribution in [2.75, 3.05) is 0 Å². The lowest BCUT2D eigenvalue weighted by Crippen LogP contribution is -2.52. The molecule has 0 aliphatic heterocycles. The standard InChI is InChI=1S/C19H19NSi/c20-15-16-8-7-13-19(14-16)21(17-9-3-1-4-10-17)18-11-5-2-6-12-18/h1-14,21H,15,20H2. The fourth-order valence-corrected chi connectivity index (χ4v) is 5.82. The average molecular weight is 289 g/mol. The van der Waals surface area contributed by atoms with Gasteiger partial charge in [0.25, 0.3) is 0 Å². The van der Waals surface area contributed by atoms with Gasteiger partial charge in [-0.3, -0.25) is 0 Å². The maximum atomic E-state index is 5.81. The summed E-state index contributed by atoms with van der Waals surface area (Å²) in [5, 5.41) is 4.31. The Bertz CT molecular complexity index is 656. The molecule has 3 aromatic rings. The van der Waals surface area contributed by atoms with E-state index >= 15 is 0 Å². The Balaban J connectivity index is 2.12. The molecule has 21 heavy (non-hydrogen) atoms. The molecular formula is C19H19NSi. The van der Waals surface area contributed by atoms with Crippen LogP contribution in [0.5, 0.6) is 0 Å². The molecule has 0 bridgehead atoms. The summed E-state index contributed by atoms with van der Waals surface area (Å²) in [4.78, 5) is 0. The Hall–Kier alpha value is -2.16. The van der Waals surface area contributed by atoms with Crippen LogP contribution in [0.4, 0.5) is 0 Å². The van der Waals surface area contributed by atoms with Crippen LogP contribution in [0.1, 0.15) is 5.56 Å². The minimum Gasteiger partial charge on any atom is -0.326 e. The summed E-state index contributed by atoms with van der Waals surface area (Å²) >= 11 is 0. The van der Waals surface area contributed by atoms with Gasteiger partial charge < -0.3 is 5.73 Å². The lowest BCUT2D eigenvalue weighted by atomic mass is 10.2. The van der Waals surface area contributed by atoms with Gasteiger partial charge in [-0.05, 0) is 5.56 Å². The molecule has 0 saturated heterocycles. The first-order chi connectivity index (χ1) is 10.4. The van der Waals surface area contributed by atoms with E-state index in [-0.39, 0.29) is 0 Å². The molecule has 0 saturated carbocycles. The van der Waals surface area contributed by atoms with E-state index in [0.29, 0.717) is 6.54 Å². The summed E-state index contributed by atoms with van der Waals surface area (Å²) in [6, 6.07) is 30.4. The summed E-state index contributed by atoms with van der Waals surface area (Å²) in [6.45, 7) is 0.596. The van der Waals surface area contributed by atoms with Crippen molar-refractivity contribution in [3.8, 4) is 0 Å². The van der Waals surface area contributed by atoms with Crippen LogP contribution in [0, 0.1) is 0 Å². The van der Waals surface area contributed by atoms with Gasteiger partial charge in [0.2, 0.25) is 0 Å². The molecule has 0 unspecified atom stereocenters. The smallest absolute Gasteiger partial charge is 0.132 e. The molecule has 2 heteroatoms. The zero-order valence-electron chi connectivity index (χ0n) is 11.9. The average Bonchev–Trinajstić information content (AvgIpc) is 2.57. The van der Waals surface area contributed by atoms with Crippen LogP contribution >= 0.6 is 0 Å². The second-order valence-electron chi connectivity index (χ2n) is 5.20. The Morgan fingerprint density at radius 3 is 1.67 bits per heavy atom. The van der Waals surface area contributed by atoms with Crippen molar-refractivity contribution in [1.82, 2.24) is 0 Å². The molecule has 0 aromatic heterocycles. The van der Waals surface area contributed by atoms with E-state index in [0.717, 1.165) is 0 Å². The quantitative estimate of drug-likeness (QED) is 0.570. The fraction of sp³-hybridized carbons (Fsp3) is 0.0526. The second-order valence-corrected chi connectivity index (χ2v) is 8.07. The summed E-state index contributed by atoms with van der Waals surface area (Å²) in [5.41, 5.74) is 7.02. The van der Waals surface area contributed by atoms with Crippen molar-refractivity contribution in [2.24, 2.45) is 5.73 Å². The van der Waals surface area contributed by atoms with Crippen molar-refractivity contribution >= 4 is 24.4 Å². The second kappa shape index (κ2) is 6.53. The number of nitrogens with two attached hydrogens (primary N) is 1.